The quantitative estimate of drug-likeness (QED) is 0.767. The van der Waals surface area contributed by atoms with Gasteiger partial charge in [-0.05, 0) is 47.9 Å². The highest BCUT2D eigenvalue weighted by Gasteiger charge is 2.28. The van der Waals surface area contributed by atoms with Crippen molar-refractivity contribution in [3.05, 3.63) is 41.7 Å². The number of anilines is 1. The van der Waals surface area contributed by atoms with E-state index in [-0.39, 0.29) is 5.91 Å². The van der Waals surface area contributed by atoms with Crippen LogP contribution in [-0.2, 0) is 0 Å². The van der Waals surface area contributed by atoms with Crippen LogP contribution in [0.5, 0.6) is 0 Å². The van der Waals surface area contributed by atoms with Gasteiger partial charge < -0.3 is 5.32 Å². The molecule has 3 aromatic rings. The highest BCUT2D eigenvalue weighted by atomic mass is 16.1. The molecule has 1 aliphatic rings. The minimum Gasteiger partial charge on any atom is -0.322 e. The smallest absolute Gasteiger partial charge is 0.258 e. The number of tetrazole rings is 1. The largest absolute Gasteiger partial charge is 0.322 e. The number of aryl methyl sites for hydroxylation is 1. The van der Waals surface area contributed by atoms with Gasteiger partial charge in [0.25, 0.3) is 5.91 Å². The maximum atomic E-state index is 12.1. The normalized spacial score (nSPS) is 14.0. The van der Waals surface area contributed by atoms with Gasteiger partial charge in [0.2, 0.25) is 0 Å². The number of rotatable bonds is 4. The number of nitrogens with zero attached hydrogens (tertiary/aromatic N) is 5. The summed E-state index contributed by atoms with van der Waals surface area (Å²) >= 11 is 0. The fourth-order valence-electron chi connectivity index (χ4n) is 2.45. The van der Waals surface area contributed by atoms with Crippen molar-refractivity contribution in [3.8, 4) is 11.4 Å². The van der Waals surface area contributed by atoms with Crippen molar-refractivity contribution in [2.45, 2.75) is 25.8 Å². The van der Waals surface area contributed by atoms with E-state index in [1.54, 1.807) is 6.20 Å². The molecule has 0 bridgehead atoms. The third kappa shape index (κ3) is 2.59. The van der Waals surface area contributed by atoms with E-state index in [1.807, 2.05) is 29.8 Å². The van der Waals surface area contributed by atoms with Gasteiger partial charge in [-0.2, -0.15) is 5.10 Å². The van der Waals surface area contributed by atoms with E-state index in [9.17, 15) is 4.79 Å². The molecule has 4 rings (SSSR count). The van der Waals surface area contributed by atoms with Crippen LogP contribution in [0.15, 0.2) is 30.6 Å². The minimum absolute atomic E-state index is 0.213. The number of aromatic nitrogens is 6. The van der Waals surface area contributed by atoms with E-state index in [1.165, 1.54) is 6.20 Å². The molecule has 1 amide bonds. The van der Waals surface area contributed by atoms with Gasteiger partial charge in [0.15, 0.2) is 5.82 Å². The van der Waals surface area contributed by atoms with Gasteiger partial charge in [-0.15, -0.1) is 5.10 Å². The number of aromatic amines is 1. The van der Waals surface area contributed by atoms with Crippen LogP contribution >= 0.6 is 0 Å². The van der Waals surface area contributed by atoms with Crippen LogP contribution < -0.4 is 5.32 Å². The van der Waals surface area contributed by atoms with Gasteiger partial charge in [0, 0.05) is 17.4 Å². The van der Waals surface area contributed by atoms with E-state index < -0.39 is 0 Å². The molecule has 8 nitrogen and oxygen atoms in total. The first-order chi connectivity index (χ1) is 11.2. The molecule has 0 radical (unpaired) electrons. The van der Waals surface area contributed by atoms with Crippen molar-refractivity contribution in [1.29, 1.82) is 0 Å². The molecular formula is C15H15N7O. The second-order valence-corrected chi connectivity index (χ2v) is 5.65. The van der Waals surface area contributed by atoms with E-state index in [4.69, 9.17) is 0 Å². The average Bonchev–Trinajstić information content (AvgIpc) is 3.04. The second-order valence-electron chi connectivity index (χ2n) is 5.65. The van der Waals surface area contributed by atoms with Crippen LogP contribution in [0.2, 0.25) is 0 Å². The summed E-state index contributed by atoms with van der Waals surface area (Å²) in [5, 5.41) is 21.3. The number of amides is 1. The third-order valence-corrected chi connectivity index (χ3v) is 3.88. The molecule has 8 heteroatoms. The SMILES string of the molecule is Cc1ccc(NC(=O)c2cn[nH]c2)cc1-c1nnnn1C1CC1. The fraction of sp³-hybridized carbons (Fsp3) is 0.267. The lowest BCUT2D eigenvalue weighted by molar-refractivity contribution is 0.102. The van der Waals surface area contributed by atoms with Gasteiger partial charge in [-0.1, -0.05) is 6.07 Å². The van der Waals surface area contributed by atoms with Crippen LogP contribution in [0, 0.1) is 6.92 Å². The Bertz CT molecular complexity index is 849. The number of hydrogen-bond acceptors (Lipinski definition) is 5. The molecule has 116 valence electrons. The molecule has 0 atom stereocenters. The highest BCUT2D eigenvalue weighted by molar-refractivity contribution is 6.04. The summed E-state index contributed by atoms with van der Waals surface area (Å²) in [6.45, 7) is 2.00. The predicted octanol–water partition coefficient (Wildman–Crippen LogP) is 1.96. The minimum atomic E-state index is -0.213. The van der Waals surface area contributed by atoms with Gasteiger partial charge in [-0.3, -0.25) is 9.89 Å². The molecule has 1 aliphatic carbocycles. The zero-order chi connectivity index (χ0) is 15.8. The van der Waals surface area contributed by atoms with Crippen molar-refractivity contribution in [1.82, 2.24) is 30.4 Å². The van der Waals surface area contributed by atoms with Crippen molar-refractivity contribution >= 4 is 11.6 Å². The standard InChI is InChI=1S/C15H15N7O/c1-9-2-3-11(18-15(23)10-7-16-17-8-10)6-13(9)14-19-20-21-22(14)12-4-5-12/h2-3,6-8,12H,4-5H2,1H3,(H,16,17)(H,18,23). The number of carbonyl (C=O) groups is 1. The molecule has 0 spiro atoms. The summed E-state index contributed by atoms with van der Waals surface area (Å²) in [6.07, 6.45) is 5.25. The molecular weight excluding hydrogens is 294 g/mol. The summed E-state index contributed by atoms with van der Waals surface area (Å²) in [4.78, 5) is 12.1. The summed E-state index contributed by atoms with van der Waals surface area (Å²) in [6, 6.07) is 6.11. The van der Waals surface area contributed by atoms with E-state index >= 15 is 0 Å². The monoisotopic (exact) mass is 309 g/mol. The Hall–Kier alpha value is -3.03. The first-order valence-corrected chi connectivity index (χ1v) is 7.41. The molecule has 1 aromatic carbocycles. The molecule has 23 heavy (non-hydrogen) atoms. The lowest BCUT2D eigenvalue weighted by Gasteiger charge is -2.09. The van der Waals surface area contributed by atoms with Crippen molar-refractivity contribution in [2.75, 3.05) is 5.32 Å². The Balaban J connectivity index is 1.65. The molecule has 2 N–H and O–H groups in total. The predicted molar refractivity (Wildman–Crippen MR) is 82.8 cm³/mol. The average molecular weight is 309 g/mol. The topological polar surface area (TPSA) is 101 Å². The maximum absolute atomic E-state index is 12.1. The van der Waals surface area contributed by atoms with Gasteiger partial charge in [0.05, 0.1) is 17.8 Å². The molecule has 0 aliphatic heterocycles. The summed E-state index contributed by atoms with van der Waals surface area (Å²) in [5.41, 5.74) is 3.16. The van der Waals surface area contributed by atoms with Crippen LogP contribution in [0.3, 0.4) is 0 Å². The number of H-pyrrole nitrogens is 1. The van der Waals surface area contributed by atoms with Crippen LogP contribution in [0.4, 0.5) is 5.69 Å². The number of nitrogens with one attached hydrogen (secondary N) is 2. The Labute approximate surface area is 131 Å². The zero-order valence-electron chi connectivity index (χ0n) is 12.5. The maximum Gasteiger partial charge on any atom is 0.258 e. The fourth-order valence-corrected chi connectivity index (χ4v) is 2.45. The lowest BCUT2D eigenvalue weighted by Crippen LogP contribution is -2.11. The van der Waals surface area contributed by atoms with Crippen LogP contribution in [0.1, 0.15) is 34.8 Å². The summed E-state index contributed by atoms with van der Waals surface area (Å²) in [7, 11) is 0. The highest BCUT2D eigenvalue weighted by Crippen LogP contribution is 2.37. The molecule has 1 fully saturated rings. The van der Waals surface area contributed by atoms with Crippen LogP contribution in [-0.4, -0.2) is 36.3 Å². The van der Waals surface area contributed by atoms with Gasteiger partial charge in [0.1, 0.15) is 0 Å². The Morgan fingerprint density at radius 3 is 3.00 bits per heavy atom. The third-order valence-electron chi connectivity index (χ3n) is 3.88. The number of hydrogen-bond donors (Lipinski definition) is 2. The Morgan fingerprint density at radius 2 is 2.26 bits per heavy atom. The summed E-state index contributed by atoms with van der Waals surface area (Å²) in [5.74, 6) is 0.528. The molecule has 0 saturated heterocycles. The molecule has 0 unspecified atom stereocenters. The summed E-state index contributed by atoms with van der Waals surface area (Å²) < 4.78 is 1.87. The molecule has 1 saturated carbocycles. The van der Waals surface area contributed by atoms with Gasteiger partial charge in [-0.25, -0.2) is 4.68 Å². The van der Waals surface area contributed by atoms with E-state index in [0.29, 0.717) is 17.3 Å². The van der Waals surface area contributed by atoms with Crippen molar-refractivity contribution in [3.63, 3.8) is 0 Å². The van der Waals surface area contributed by atoms with E-state index in [0.717, 1.165) is 29.8 Å². The Kier molecular flexibility index (Phi) is 3.14. The van der Waals surface area contributed by atoms with E-state index in [2.05, 4.69) is 31.0 Å². The Morgan fingerprint density at radius 1 is 1.39 bits per heavy atom. The first-order valence-electron chi connectivity index (χ1n) is 7.41. The molecule has 2 heterocycles. The van der Waals surface area contributed by atoms with Crippen molar-refractivity contribution < 1.29 is 4.79 Å². The lowest BCUT2D eigenvalue weighted by atomic mass is 10.1. The number of carbonyl (C=O) groups excluding carboxylic acids is 1. The number of benzene rings is 1. The van der Waals surface area contributed by atoms with Crippen molar-refractivity contribution in [2.24, 2.45) is 0 Å². The van der Waals surface area contributed by atoms with Crippen LogP contribution in [0.25, 0.3) is 11.4 Å². The first kappa shape index (κ1) is 13.6. The zero-order valence-corrected chi connectivity index (χ0v) is 12.5. The second kappa shape index (κ2) is 5.31. The van der Waals surface area contributed by atoms with Gasteiger partial charge >= 0.3 is 0 Å². The molecule has 2 aromatic heterocycles.